The summed E-state index contributed by atoms with van der Waals surface area (Å²) >= 11 is 3.03. The Labute approximate surface area is 185 Å². The number of carboxylic acid groups (broad SMARTS) is 1. The van der Waals surface area contributed by atoms with Gasteiger partial charge in [0.25, 0.3) is 5.22 Å². The van der Waals surface area contributed by atoms with Gasteiger partial charge in [0.15, 0.2) is 11.5 Å². The van der Waals surface area contributed by atoms with Crippen molar-refractivity contribution in [3.63, 3.8) is 0 Å². The highest BCUT2D eigenvalue weighted by Crippen LogP contribution is 2.36. The molecule has 0 saturated heterocycles. The Bertz CT molecular complexity index is 1040. The molecule has 9 heteroatoms. The molecule has 0 radical (unpaired) electrons. The molecule has 0 fully saturated rings. The van der Waals surface area contributed by atoms with Crippen LogP contribution in [0.1, 0.15) is 17.0 Å². The van der Waals surface area contributed by atoms with Crippen LogP contribution in [0.2, 0.25) is 0 Å². The van der Waals surface area contributed by atoms with E-state index < -0.39 is 5.97 Å². The third-order valence-corrected chi connectivity index (χ3v) is 5.34. The summed E-state index contributed by atoms with van der Waals surface area (Å²) in [6.07, 6.45) is 1.53. The first-order chi connectivity index (χ1) is 14.0. The van der Waals surface area contributed by atoms with Crippen molar-refractivity contribution in [2.45, 2.75) is 18.8 Å². The van der Waals surface area contributed by atoms with Crippen LogP contribution in [0.25, 0.3) is 6.08 Å². The Morgan fingerprint density at radius 3 is 2.66 bits per heavy atom. The summed E-state index contributed by atoms with van der Waals surface area (Å²) < 4.78 is 17.5. The Morgan fingerprint density at radius 2 is 2.03 bits per heavy atom. The fourth-order valence-electron chi connectivity index (χ4n) is 2.39. The molecule has 0 amide bonds. The number of rotatable bonds is 8. The van der Waals surface area contributed by atoms with E-state index in [1.165, 1.54) is 6.08 Å². The van der Waals surface area contributed by atoms with Crippen molar-refractivity contribution in [1.29, 1.82) is 0 Å². The zero-order valence-electron chi connectivity index (χ0n) is 15.6. The highest BCUT2D eigenvalue weighted by molar-refractivity contribution is 14.1. The monoisotopic (exact) mass is 524 g/mol. The zero-order valence-corrected chi connectivity index (χ0v) is 18.6. The predicted molar refractivity (Wildman–Crippen MR) is 117 cm³/mol. The summed E-state index contributed by atoms with van der Waals surface area (Å²) in [7, 11) is 1.54. The number of aromatic nitrogens is 2. The van der Waals surface area contributed by atoms with Crippen molar-refractivity contribution >= 4 is 46.4 Å². The summed E-state index contributed by atoms with van der Waals surface area (Å²) in [6, 6.07) is 13.4. The van der Waals surface area contributed by atoms with Crippen LogP contribution in [0.4, 0.5) is 0 Å². The number of carbonyl (C=O) groups is 1. The summed E-state index contributed by atoms with van der Waals surface area (Å²) in [5, 5.41) is 17.2. The molecule has 2 aromatic carbocycles. The molecule has 0 unspecified atom stereocenters. The lowest BCUT2D eigenvalue weighted by atomic mass is 10.2. The maximum atomic E-state index is 11.6. The van der Waals surface area contributed by atoms with Gasteiger partial charge in [-0.25, -0.2) is 4.79 Å². The van der Waals surface area contributed by atoms with Crippen molar-refractivity contribution in [2.24, 2.45) is 0 Å². The lowest BCUT2D eigenvalue weighted by Gasteiger charge is -2.14. The Morgan fingerprint density at radius 1 is 1.28 bits per heavy atom. The molecule has 3 rings (SSSR count). The summed E-state index contributed by atoms with van der Waals surface area (Å²) in [6.45, 7) is 2.04. The van der Waals surface area contributed by atoms with E-state index in [4.69, 9.17) is 13.9 Å². The number of methoxy groups -OCH3 is 1. The number of nitrogens with zero attached hydrogens (tertiary/aromatic N) is 2. The molecule has 0 aliphatic carbocycles. The lowest BCUT2D eigenvalue weighted by Crippen LogP contribution is -2.01. The van der Waals surface area contributed by atoms with E-state index in [2.05, 4.69) is 32.8 Å². The first-order valence-electron chi connectivity index (χ1n) is 8.43. The molecule has 0 saturated carbocycles. The maximum absolute atomic E-state index is 11.6. The van der Waals surface area contributed by atoms with Gasteiger partial charge in [0.05, 0.1) is 10.7 Å². The van der Waals surface area contributed by atoms with Crippen LogP contribution in [0, 0.1) is 10.5 Å². The molecule has 29 heavy (non-hydrogen) atoms. The predicted octanol–water partition coefficient (Wildman–Crippen LogP) is 4.79. The lowest BCUT2D eigenvalue weighted by molar-refractivity contribution is -0.131. The Kier molecular flexibility index (Phi) is 7.15. The zero-order chi connectivity index (χ0) is 20.8. The van der Waals surface area contributed by atoms with Crippen LogP contribution < -0.4 is 9.47 Å². The van der Waals surface area contributed by atoms with Crippen LogP contribution in [0.5, 0.6) is 11.5 Å². The van der Waals surface area contributed by atoms with E-state index >= 15 is 0 Å². The molecule has 1 heterocycles. The minimum atomic E-state index is -1.09. The van der Waals surface area contributed by atoms with Gasteiger partial charge in [-0.1, -0.05) is 30.3 Å². The van der Waals surface area contributed by atoms with Gasteiger partial charge in [-0.3, -0.25) is 0 Å². The largest absolute Gasteiger partial charge is 0.493 e. The maximum Gasteiger partial charge on any atom is 0.342 e. The fraction of sp³-hybridized carbons (Fsp3) is 0.150. The molecule has 1 N–H and O–H groups in total. The second-order valence-electron chi connectivity index (χ2n) is 5.81. The minimum Gasteiger partial charge on any atom is -0.493 e. The molecule has 0 spiro atoms. The van der Waals surface area contributed by atoms with Crippen molar-refractivity contribution in [1.82, 2.24) is 10.2 Å². The van der Waals surface area contributed by atoms with Crippen LogP contribution >= 0.6 is 34.4 Å². The van der Waals surface area contributed by atoms with Gasteiger partial charge in [0, 0.05) is 6.92 Å². The SMILES string of the molecule is COc1cc(/C=C(\Sc2nnc(C)o2)C(=O)O)cc(I)c1OCc1ccccc1. The highest BCUT2D eigenvalue weighted by atomic mass is 127. The van der Waals surface area contributed by atoms with E-state index in [0.717, 1.165) is 20.9 Å². The van der Waals surface area contributed by atoms with Gasteiger partial charge < -0.3 is 19.0 Å². The number of carboxylic acids is 1. The second kappa shape index (κ2) is 9.79. The third-order valence-electron chi connectivity index (χ3n) is 3.69. The fourth-order valence-corrected chi connectivity index (χ4v) is 3.89. The normalized spacial score (nSPS) is 11.3. The van der Waals surface area contributed by atoms with E-state index in [1.807, 2.05) is 36.4 Å². The molecule has 7 nitrogen and oxygen atoms in total. The highest BCUT2D eigenvalue weighted by Gasteiger charge is 2.16. The van der Waals surface area contributed by atoms with Crippen LogP contribution in [-0.4, -0.2) is 28.4 Å². The molecule has 0 atom stereocenters. The minimum absolute atomic E-state index is 0.0458. The molecular weight excluding hydrogens is 507 g/mol. The van der Waals surface area contributed by atoms with E-state index in [0.29, 0.717) is 29.6 Å². The first kappa shape index (κ1) is 21.2. The molecule has 1 aromatic heterocycles. The number of hydrogen-bond donors (Lipinski definition) is 1. The van der Waals surface area contributed by atoms with Gasteiger partial charge in [-0.15, -0.1) is 10.2 Å². The average Bonchev–Trinajstić information content (AvgIpc) is 3.11. The van der Waals surface area contributed by atoms with Gasteiger partial charge in [-0.05, 0) is 63.7 Å². The standard InChI is InChI=1S/C20H17IN2O5S/c1-12-22-23-20(28-12)29-17(19(24)25)10-14-8-15(21)18(16(9-14)26-2)27-11-13-6-4-3-5-7-13/h3-10H,11H2,1-2H3,(H,24,25)/b17-10-. The number of halogens is 1. The number of ether oxygens (including phenoxy) is 2. The number of hydrogen-bond acceptors (Lipinski definition) is 7. The smallest absolute Gasteiger partial charge is 0.342 e. The number of aryl methyl sites for hydroxylation is 1. The Hall–Kier alpha value is -2.53. The second-order valence-corrected chi connectivity index (χ2v) is 7.97. The summed E-state index contributed by atoms with van der Waals surface area (Å²) in [4.78, 5) is 11.7. The van der Waals surface area contributed by atoms with Gasteiger partial charge in [0.1, 0.15) is 11.5 Å². The third kappa shape index (κ3) is 5.73. The van der Waals surface area contributed by atoms with Crippen LogP contribution in [-0.2, 0) is 11.4 Å². The van der Waals surface area contributed by atoms with Crippen molar-refractivity contribution < 1.29 is 23.8 Å². The average molecular weight is 524 g/mol. The Balaban J connectivity index is 1.86. The summed E-state index contributed by atoms with van der Waals surface area (Å²) in [5.41, 5.74) is 1.69. The van der Waals surface area contributed by atoms with Crippen molar-refractivity contribution in [3.05, 3.63) is 68.0 Å². The van der Waals surface area contributed by atoms with Gasteiger partial charge in [-0.2, -0.15) is 0 Å². The quantitative estimate of drug-likeness (QED) is 0.256. The number of thioether (sulfide) groups is 1. The van der Waals surface area contributed by atoms with Gasteiger partial charge in [0.2, 0.25) is 5.89 Å². The molecule has 0 bridgehead atoms. The number of aliphatic carboxylic acids is 1. The van der Waals surface area contributed by atoms with E-state index in [9.17, 15) is 9.90 Å². The van der Waals surface area contributed by atoms with Gasteiger partial charge >= 0.3 is 5.97 Å². The molecule has 150 valence electrons. The van der Waals surface area contributed by atoms with Crippen molar-refractivity contribution in [2.75, 3.05) is 7.11 Å². The molecule has 3 aromatic rings. The molecule has 0 aliphatic rings. The summed E-state index contributed by atoms with van der Waals surface area (Å²) in [5.74, 6) is 0.395. The molecule has 0 aliphatic heterocycles. The molecular formula is C20H17IN2O5S. The van der Waals surface area contributed by atoms with Crippen LogP contribution in [0.3, 0.4) is 0 Å². The first-order valence-corrected chi connectivity index (χ1v) is 10.3. The number of benzene rings is 2. The van der Waals surface area contributed by atoms with E-state index in [1.54, 1.807) is 20.1 Å². The van der Waals surface area contributed by atoms with Crippen molar-refractivity contribution in [3.8, 4) is 11.5 Å². The van der Waals surface area contributed by atoms with E-state index in [-0.39, 0.29) is 10.1 Å². The topological polar surface area (TPSA) is 94.7 Å². The van der Waals surface area contributed by atoms with Crippen LogP contribution in [0.15, 0.2) is 57.0 Å².